The van der Waals surface area contributed by atoms with Crippen LogP contribution in [0, 0.1) is 0 Å². The molecule has 0 unspecified atom stereocenters. The summed E-state index contributed by atoms with van der Waals surface area (Å²) in [7, 11) is -0.329. The zero-order valence-corrected chi connectivity index (χ0v) is 21.4. The Balaban J connectivity index is 0.000000195. The number of carbonyl (C=O) groups is 1. The lowest BCUT2D eigenvalue weighted by Crippen LogP contribution is -2.41. The highest BCUT2D eigenvalue weighted by molar-refractivity contribution is 6.62. The maximum atomic E-state index is 11.4. The van der Waals surface area contributed by atoms with Gasteiger partial charge in [0.2, 0.25) is 0 Å². The van der Waals surface area contributed by atoms with Crippen molar-refractivity contribution < 1.29 is 18.8 Å². The fraction of sp³-hybridized carbons (Fsp3) is 0.538. The molecule has 7 nitrogen and oxygen atoms in total. The number of nitrogens with zero attached hydrogens (tertiary/aromatic N) is 2. The van der Waals surface area contributed by atoms with Gasteiger partial charge in [0.1, 0.15) is 5.60 Å². The van der Waals surface area contributed by atoms with Crippen molar-refractivity contribution in [2.75, 3.05) is 13.1 Å². The molecule has 2 saturated heterocycles. The van der Waals surface area contributed by atoms with Gasteiger partial charge < -0.3 is 23.9 Å². The van der Waals surface area contributed by atoms with Crippen LogP contribution in [0.2, 0.25) is 0 Å². The van der Waals surface area contributed by atoms with Crippen LogP contribution in [0.15, 0.2) is 36.7 Å². The van der Waals surface area contributed by atoms with Crippen LogP contribution in [-0.2, 0) is 14.0 Å². The molecule has 0 aliphatic carbocycles. The molecule has 1 N–H and O–H groups in total. The van der Waals surface area contributed by atoms with Crippen molar-refractivity contribution >= 4 is 40.5 Å². The summed E-state index contributed by atoms with van der Waals surface area (Å²) in [5.41, 5.74) is 2.09. The van der Waals surface area contributed by atoms with Crippen LogP contribution in [0.5, 0.6) is 0 Å². The normalized spacial score (nSPS) is 19.4. The summed E-state index contributed by atoms with van der Waals surface area (Å²) in [6.45, 7) is 15.7. The predicted molar refractivity (Wildman–Crippen MR) is 136 cm³/mol. The molecule has 2 aliphatic heterocycles. The Bertz CT molecular complexity index is 1160. The van der Waals surface area contributed by atoms with Crippen LogP contribution in [0.3, 0.4) is 0 Å². The van der Waals surface area contributed by atoms with Gasteiger partial charge in [0.05, 0.1) is 28.6 Å². The van der Waals surface area contributed by atoms with E-state index in [-0.39, 0.29) is 30.0 Å². The number of aromatic nitrogens is 2. The summed E-state index contributed by atoms with van der Waals surface area (Å²) < 4.78 is 17.5. The van der Waals surface area contributed by atoms with Crippen molar-refractivity contribution in [2.24, 2.45) is 0 Å². The quantitative estimate of drug-likeness (QED) is 0.510. The van der Waals surface area contributed by atoms with Gasteiger partial charge in [-0.05, 0) is 78.2 Å². The Labute approximate surface area is 202 Å². The van der Waals surface area contributed by atoms with Gasteiger partial charge in [-0.1, -0.05) is 24.3 Å². The van der Waals surface area contributed by atoms with Crippen LogP contribution >= 0.6 is 0 Å². The molecule has 1 amide bonds. The molecule has 3 aromatic rings. The molecule has 2 fully saturated rings. The molecule has 0 radical (unpaired) electrons. The molecular formula is C26H36BN3O4. The Morgan fingerprint density at radius 2 is 1.71 bits per heavy atom. The predicted octanol–water partition coefficient (Wildman–Crippen LogP) is 5.03. The Morgan fingerprint density at radius 3 is 2.32 bits per heavy atom. The van der Waals surface area contributed by atoms with Crippen LogP contribution in [0.1, 0.15) is 61.3 Å². The monoisotopic (exact) mass is 465 g/mol. The standard InChI is InChI=1S/C17H19BN2O2.C9H17NO2/c1-16(2)17(3,4)22-18(21-16)12-6-7-13-11(9-12)5-8-14-15(13)20-10-19-14;1-9(2,3)12-8(11)10-6-4-5-7-10/h5-10H,1-4H3,(H,19,20);4-7H2,1-3H3. The van der Waals surface area contributed by atoms with E-state index in [0.717, 1.165) is 53.2 Å². The summed E-state index contributed by atoms with van der Waals surface area (Å²) in [6, 6.07) is 10.5. The second-order valence-electron chi connectivity index (χ2n) is 11.1. The second-order valence-corrected chi connectivity index (χ2v) is 11.1. The van der Waals surface area contributed by atoms with E-state index in [9.17, 15) is 4.79 Å². The number of likely N-dealkylation sites (tertiary alicyclic amines) is 1. The molecular weight excluding hydrogens is 429 g/mol. The molecule has 34 heavy (non-hydrogen) atoms. The van der Waals surface area contributed by atoms with Crippen LogP contribution in [-0.4, -0.2) is 58.0 Å². The van der Waals surface area contributed by atoms with Gasteiger partial charge in [0.15, 0.2) is 0 Å². The number of hydrogen-bond donors (Lipinski definition) is 1. The van der Waals surface area contributed by atoms with Crippen molar-refractivity contribution in [3.05, 3.63) is 36.7 Å². The van der Waals surface area contributed by atoms with Crippen LogP contribution in [0.25, 0.3) is 21.8 Å². The largest absolute Gasteiger partial charge is 0.494 e. The van der Waals surface area contributed by atoms with Gasteiger partial charge >= 0.3 is 13.2 Å². The zero-order chi connectivity index (χ0) is 24.7. The highest BCUT2D eigenvalue weighted by atomic mass is 16.7. The topological polar surface area (TPSA) is 76.7 Å². The number of amides is 1. The maximum Gasteiger partial charge on any atom is 0.494 e. The van der Waals surface area contributed by atoms with Crippen molar-refractivity contribution in [3.63, 3.8) is 0 Å². The van der Waals surface area contributed by atoms with Gasteiger partial charge in [-0.25, -0.2) is 9.78 Å². The van der Waals surface area contributed by atoms with Crippen molar-refractivity contribution in [2.45, 2.75) is 78.1 Å². The van der Waals surface area contributed by atoms with E-state index in [0.29, 0.717) is 0 Å². The van der Waals surface area contributed by atoms with Crippen molar-refractivity contribution in [1.82, 2.24) is 14.9 Å². The van der Waals surface area contributed by atoms with Crippen LogP contribution in [0.4, 0.5) is 4.79 Å². The number of aromatic amines is 1. The molecule has 0 bridgehead atoms. The van der Waals surface area contributed by atoms with E-state index in [2.05, 4.69) is 68.0 Å². The summed E-state index contributed by atoms with van der Waals surface area (Å²) in [6.07, 6.45) is 3.78. The minimum absolute atomic E-state index is 0.167. The van der Waals surface area contributed by atoms with E-state index in [1.165, 1.54) is 0 Å². The Kier molecular flexibility index (Phi) is 6.42. The van der Waals surface area contributed by atoms with E-state index in [1.54, 1.807) is 11.2 Å². The highest BCUT2D eigenvalue weighted by Gasteiger charge is 2.51. The molecule has 5 rings (SSSR count). The number of benzene rings is 2. The number of fused-ring (bicyclic) bond motifs is 3. The second kappa shape index (κ2) is 8.89. The SMILES string of the molecule is CC(C)(C)OC(=O)N1CCCC1.CC1(C)OB(c2ccc3c(ccc4[nH]cnc43)c2)OC1(C)C. The van der Waals surface area contributed by atoms with E-state index >= 15 is 0 Å². The van der Waals surface area contributed by atoms with Crippen molar-refractivity contribution in [1.29, 1.82) is 0 Å². The average molecular weight is 465 g/mol. The van der Waals surface area contributed by atoms with Crippen molar-refractivity contribution in [3.8, 4) is 0 Å². The lowest BCUT2D eigenvalue weighted by atomic mass is 9.78. The number of rotatable bonds is 1. The number of imidazole rings is 1. The fourth-order valence-electron chi connectivity index (χ4n) is 4.11. The third-order valence-corrected chi connectivity index (χ3v) is 6.71. The number of ether oxygens (including phenoxy) is 1. The summed E-state index contributed by atoms with van der Waals surface area (Å²) in [5.74, 6) is 0. The zero-order valence-electron chi connectivity index (χ0n) is 21.4. The first kappa shape index (κ1) is 24.5. The van der Waals surface area contributed by atoms with Gasteiger partial charge in [-0.3, -0.25) is 0 Å². The van der Waals surface area contributed by atoms with Gasteiger partial charge in [-0.15, -0.1) is 0 Å². The average Bonchev–Trinajstić information content (AvgIpc) is 3.47. The highest BCUT2D eigenvalue weighted by Crippen LogP contribution is 2.36. The van der Waals surface area contributed by atoms with Gasteiger partial charge in [0.25, 0.3) is 0 Å². The van der Waals surface area contributed by atoms with E-state index < -0.39 is 0 Å². The van der Waals surface area contributed by atoms with Gasteiger partial charge in [0, 0.05) is 18.5 Å². The van der Waals surface area contributed by atoms with Crippen LogP contribution < -0.4 is 5.46 Å². The number of carbonyl (C=O) groups excluding carboxylic acids is 1. The minimum atomic E-state index is -0.361. The van der Waals surface area contributed by atoms with E-state index in [4.69, 9.17) is 14.0 Å². The summed E-state index contributed by atoms with van der Waals surface area (Å²) in [4.78, 5) is 20.7. The Hall–Kier alpha value is -2.58. The molecule has 2 aromatic carbocycles. The summed E-state index contributed by atoms with van der Waals surface area (Å²) >= 11 is 0. The Morgan fingerprint density at radius 1 is 1.06 bits per heavy atom. The molecule has 8 heteroatoms. The first-order valence-corrected chi connectivity index (χ1v) is 12.1. The molecule has 0 spiro atoms. The molecule has 0 saturated carbocycles. The molecule has 1 aromatic heterocycles. The van der Waals surface area contributed by atoms with Gasteiger partial charge in [-0.2, -0.15) is 0 Å². The smallest absolute Gasteiger partial charge is 0.444 e. The first-order valence-electron chi connectivity index (χ1n) is 12.1. The number of H-pyrrole nitrogens is 1. The maximum absolute atomic E-state index is 11.4. The molecule has 182 valence electrons. The molecule has 3 heterocycles. The lowest BCUT2D eigenvalue weighted by molar-refractivity contribution is 0.00578. The summed E-state index contributed by atoms with van der Waals surface area (Å²) in [5, 5.41) is 2.28. The molecule has 0 atom stereocenters. The third kappa shape index (κ3) is 5.08. The minimum Gasteiger partial charge on any atom is -0.444 e. The number of nitrogens with one attached hydrogen (secondary N) is 1. The molecule has 2 aliphatic rings. The van der Waals surface area contributed by atoms with E-state index in [1.807, 2.05) is 20.8 Å². The number of hydrogen-bond acceptors (Lipinski definition) is 5. The lowest BCUT2D eigenvalue weighted by Gasteiger charge is -2.32. The fourth-order valence-corrected chi connectivity index (χ4v) is 4.11. The third-order valence-electron chi connectivity index (χ3n) is 6.71. The first-order chi connectivity index (χ1) is 15.9.